The average molecular weight is 343 g/mol. The molecule has 1 amide bonds. The summed E-state index contributed by atoms with van der Waals surface area (Å²) in [7, 11) is 0. The van der Waals surface area contributed by atoms with Gasteiger partial charge in [-0.05, 0) is 49.9 Å². The van der Waals surface area contributed by atoms with Crippen LogP contribution in [0.1, 0.15) is 43.2 Å². The minimum Gasteiger partial charge on any atom is -0.353 e. The normalized spacial score (nSPS) is 15.4. The smallest absolute Gasteiger partial charge is 0.230 e. The molecule has 0 saturated heterocycles. The van der Waals surface area contributed by atoms with E-state index in [1.807, 2.05) is 6.20 Å². The van der Waals surface area contributed by atoms with E-state index >= 15 is 0 Å². The van der Waals surface area contributed by atoms with Crippen molar-refractivity contribution in [1.82, 2.24) is 14.9 Å². The molecular formula is C19H25N3OS. The molecule has 0 aliphatic heterocycles. The van der Waals surface area contributed by atoms with Gasteiger partial charge in [-0.2, -0.15) is 0 Å². The van der Waals surface area contributed by atoms with Crippen LogP contribution >= 0.6 is 11.8 Å². The Kier molecular flexibility index (Phi) is 5.61. The van der Waals surface area contributed by atoms with Gasteiger partial charge in [0.1, 0.15) is 0 Å². The molecule has 5 heteroatoms. The molecule has 1 fully saturated rings. The van der Waals surface area contributed by atoms with E-state index in [0.717, 1.165) is 23.7 Å². The number of hydrogen-bond donors (Lipinski definition) is 1. The number of carbonyl (C=O) groups excluding carboxylic acids is 1. The number of thioether (sulfide) groups is 1. The Balaban J connectivity index is 1.62. The highest BCUT2D eigenvalue weighted by molar-refractivity contribution is 7.99. The van der Waals surface area contributed by atoms with Crippen molar-refractivity contribution >= 4 is 17.7 Å². The zero-order valence-corrected chi connectivity index (χ0v) is 15.2. The Hall–Kier alpha value is -1.75. The monoisotopic (exact) mass is 343 g/mol. The maximum Gasteiger partial charge on any atom is 0.230 e. The van der Waals surface area contributed by atoms with Gasteiger partial charge in [-0.3, -0.25) is 9.36 Å². The Labute approximate surface area is 148 Å². The second kappa shape index (κ2) is 7.88. The quantitative estimate of drug-likeness (QED) is 0.834. The van der Waals surface area contributed by atoms with E-state index in [1.54, 1.807) is 6.20 Å². The van der Waals surface area contributed by atoms with E-state index in [-0.39, 0.29) is 5.91 Å². The molecule has 2 aromatic rings. The van der Waals surface area contributed by atoms with Gasteiger partial charge in [0.25, 0.3) is 0 Å². The SMILES string of the molecule is Cc1cc(C)cc(-n2ccnc2SCC(=O)NC2CCCCC2)c1. The van der Waals surface area contributed by atoms with E-state index in [4.69, 9.17) is 0 Å². The van der Waals surface area contributed by atoms with Crippen LogP contribution in [0.25, 0.3) is 5.69 Å². The Morgan fingerprint density at radius 2 is 1.92 bits per heavy atom. The largest absolute Gasteiger partial charge is 0.353 e. The Bertz CT molecular complexity index is 684. The van der Waals surface area contributed by atoms with Crippen LogP contribution in [-0.4, -0.2) is 27.3 Å². The molecule has 0 radical (unpaired) electrons. The van der Waals surface area contributed by atoms with Crippen LogP contribution in [0, 0.1) is 13.8 Å². The lowest BCUT2D eigenvalue weighted by Gasteiger charge is -2.22. The third-order valence-corrected chi connectivity index (χ3v) is 5.36. The van der Waals surface area contributed by atoms with Crippen LogP contribution in [0.4, 0.5) is 0 Å². The van der Waals surface area contributed by atoms with Crippen molar-refractivity contribution in [2.24, 2.45) is 0 Å². The Morgan fingerprint density at radius 3 is 2.62 bits per heavy atom. The summed E-state index contributed by atoms with van der Waals surface area (Å²) in [6, 6.07) is 6.80. The number of benzene rings is 1. The molecule has 1 saturated carbocycles. The van der Waals surface area contributed by atoms with Gasteiger partial charge >= 0.3 is 0 Å². The number of carbonyl (C=O) groups is 1. The zero-order valence-electron chi connectivity index (χ0n) is 14.4. The average Bonchev–Trinajstić information content (AvgIpc) is 3.01. The lowest BCUT2D eigenvalue weighted by atomic mass is 9.95. The minimum atomic E-state index is 0.113. The van der Waals surface area contributed by atoms with Crippen LogP contribution < -0.4 is 5.32 Å². The summed E-state index contributed by atoms with van der Waals surface area (Å²) in [6.07, 6.45) is 9.74. The van der Waals surface area contributed by atoms with Crippen molar-refractivity contribution in [3.63, 3.8) is 0 Å². The van der Waals surface area contributed by atoms with Crippen molar-refractivity contribution in [2.75, 3.05) is 5.75 Å². The van der Waals surface area contributed by atoms with Crippen LogP contribution in [0.2, 0.25) is 0 Å². The first-order chi connectivity index (χ1) is 11.6. The topological polar surface area (TPSA) is 46.9 Å². The minimum absolute atomic E-state index is 0.113. The van der Waals surface area contributed by atoms with Crippen molar-refractivity contribution < 1.29 is 4.79 Å². The predicted molar refractivity (Wildman–Crippen MR) is 98.8 cm³/mol. The van der Waals surface area contributed by atoms with Crippen LogP contribution in [-0.2, 0) is 4.79 Å². The molecule has 1 aromatic carbocycles. The molecule has 24 heavy (non-hydrogen) atoms. The highest BCUT2D eigenvalue weighted by Crippen LogP contribution is 2.22. The van der Waals surface area contributed by atoms with Gasteiger partial charge in [-0.25, -0.2) is 4.98 Å². The second-order valence-electron chi connectivity index (χ2n) is 6.62. The summed E-state index contributed by atoms with van der Waals surface area (Å²) in [5, 5.41) is 4.02. The number of amides is 1. The fraction of sp³-hybridized carbons (Fsp3) is 0.474. The predicted octanol–water partition coefficient (Wildman–Crippen LogP) is 4.03. The number of aromatic nitrogens is 2. The van der Waals surface area contributed by atoms with E-state index in [1.165, 1.54) is 42.2 Å². The lowest BCUT2D eigenvalue weighted by Crippen LogP contribution is -2.37. The summed E-state index contributed by atoms with van der Waals surface area (Å²) >= 11 is 1.50. The number of nitrogens with one attached hydrogen (secondary N) is 1. The van der Waals surface area contributed by atoms with Crippen molar-refractivity contribution in [1.29, 1.82) is 0 Å². The van der Waals surface area contributed by atoms with Crippen LogP contribution in [0.3, 0.4) is 0 Å². The number of hydrogen-bond acceptors (Lipinski definition) is 3. The first-order valence-electron chi connectivity index (χ1n) is 8.66. The molecule has 128 valence electrons. The Morgan fingerprint density at radius 1 is 1.21 bits per heavy atom. The summed E-state index contributed by atoms with van der Waals surface area (Å²) < 4.78 is 2.05. The fourth-order valence-electron chi connectivity index (χ4n) is 3.33. The molecule has 1 aliphatic carbocycles. The standard InChI is InChI=1S/C19H25N3OS/c1-14-10-15(2)12-17(11-14)22-9-8-20-19(22)24-13-18(23)21-16-6-4-3-5-7-16/h8-12,16H,3-7,13H2,1-2H3,(H,21,23). The summed E-state index contributed by atoms with van der Waals surface area (Å²) in [5.41, 5.74) is 3.55. The third kappa shape index (κ3) is 4.41. The highest BCUT2D eigenvalue weighted by atomic mass is 32.2. The third-order valence-electron chi connectivity index (χ3n) is 4.39. The molecule has 3 rings (SSSR count). The van der Waals surface area contributed by atoms with Crippen molar-refractivity contribution in [3.8, 4) is 5.69 Å². The molecular weight excluding hydrogens is 318 g/mol. The van der Waals surface area contributed by atoms with Gasteiger partial charge in [-0.15, -0.1) is 0 Å². The highest BCUT2D eigenvalue weighted by Gasteiger charge is 2.16. The summed E-state index contributed by atoms with van der Waals surface area (Å²) in [6.45, 7) is 4.19. The van der Waals surface area contributed by atoms with Crippen LogP contribution in [0.15, 0.2) is 35.7 Å². The second-order valence-corrected chi connectivity index (χ2v) is 7.56. The van der Waals surface area contributed by atoms with Gasteiger partial charge in [0.15, 0.2) is 5.16 Å². The van der Waals surface area contributed by atoms with Crippen molar-refractivity contribution in [3.05, 3.63) is 41.7 Å². The molecule has 0 atom stereocenters. The van der Waals surface area contributed by atoms with Crippen LogP contribution in [0.5, 0.6) is 0 Å². The van der Waals surface area contributed by atoms with E-state index in [9.17, 15) is 4.79 Å². The first kappa shape index (κ1) is 17.1. The molecule has 0 spiro atoms. The molecule has 0 bridgehead atoms. The summed E-state index contributed by atoms with van der Waals surface area (Å²) in [5.74, 6) is 0.528. The molecule has 4 nitrogen and oxygen atoms in total. The maximum atomic E-state index is 12.2. The van der Waals surface area contributed by atoms with E-state index < -0.39 is 0 Å². The molecule has 1 N–H and O–H groups in total. The molecule has 1 aromatic heterocycles. The molecule has 1 heterocycles. The first-order valence-corrected chi connectivity index (χ1v) is 9.64. The van der Waals surface area contributed by atoms with Gasteiger partial charge in [0.2, 0.25) is 5.91 Å². The van der Waals surface area contributed by atoms with Crippen molar-refractivity contribution in [2.45, 2.75) is 57.1 Å². The van der Waals surface area contributed by atoms with Gasteiger partial charge in [-0.1, -0.05) is 37.1 Å². The fourth-order valence-corrected chi connectivity index (χ4v) is 4.11. The van der Waals surface area contributed by atoms with Gasteiger partial charge in [0.05, 0.1) is 5.75 Å². The van der Waals surface area contributed by atoms with Gasteiger partial charge in [0, 0.05) is 24.1 Å². The lowest BCUT2D eigenvalue weighted by molar-refractivity contribution is -0.119. The molecule has 0 unspecified atom stereocenters. The number of rotatable bonds is 5. The zero-order chi connectivity index (χ0) is 16.9. The van der Waals surface area contributed by atoms with E-state index in [0.29, 0.717) is 11.8 Å². The maximum absolute atomic E-state index is 12.2. The molecule has 1 aliphatic rings. The van der Waals surface area contributed by atoms with E-state index in [2.05, 4.69) is 46.9 Å². The summed E-state index contributed by atoms with van der Waals surface area (Å²) in [4.78, 5) is 16.6. The number of nitrogens with zero attached hydrogens (tertiary/aromatic N) is 2. The number of imidazole rings is 1. The van der Waals surface area contributed by atoms with Gasteiger partial charge < -0.3 is 5.32 Å². The number of aryl methyl sites for hydroxylation is 2.